The van der Waals surface area contributed by atoms with Crippen molar-refractivity contribution >= 4 is 11.9 Å². The van der Waals surface area contributed by atoms with E-state index in [9.17, 15) is 14.7 Å². The number of esters is 2. The van der Waals surface area contributed by atoms with E-state index in [-0.39, 0.29) is 25.2 Å². The maximum atomic E-state index is 12.2. The molecule has 0 saturated heterocycles. The lowest BCUT2D eigenvalue weighted by Gasteiger charge is -2.15. The van der Waals surface area contributed by atoms with Crippen LogP contribution in [0.15, 0.2) is 12.2 Å². The number of carbonyl (C=O) groups excluding carboxylic acids is 2. The molecule has 0 aromatic carbocycles. The van der Waals surface area contributed by atoms with E-state index in [2.05, 4.69) is 26.0 Å². The number of allylic oxidation sites excluding steroid dienone is 2. The topological polar surface area (TPSA) is 72.8 Å². The molecule has 0 bridgehead atoms. The Bertz CT molecular complexity index is 661. The second kappa shape index (κ2) is 38.1. The zero-order valence-electron chi connectivity index (χ0n) is 30.9. The van der Waals surface area contributed by atoms with Crippen LogP contribution in [0.3, 0.4) is 0 Å². The predicted octanol–water partition coefficient (Wildman–Crippen LogP) is 12.5. The molecule has 0 radical (unpaired) electrons. The second-order valence-corrected chi connectivity index (χ2v) is 13.7. The Morgan fingerprint density at radius 1 is 0.478 bits per heavy atom. The first-order chi connectivity index (χ1) is 22.6. The third-order valence-electron chi connectivity index (χ3n) is 9.06. The van der Waals surface area contributed by atoms with Crippen molar-refractivity contribution in [3.8, 4) is 0 Å². The number of ether oxygens (including phenoxy) is 2. The Hall–Kier alpha value is -1.36. The number of aliphatic hydroxyl groups is 1. The van der Waals surface area contributed by atoms with Crippen LogP contribution in [0.5, 0.6) is 0 Å². The molecule has 1 N–H and O–H groups in total. The first-order valence-corrected chi connectivity index (χ1v) is 20.2. The van der Waals surface area contributed by atoms with Crippen LogP contribution in [0.2, 0.25) is 0 Å². The van der Waals surface area contributed by atoms with Gasteiger partial charge in [0.2, 0.25) is 0 Å². The van der Waals surface area contributed by atoms with E-state index in [1.54, 1.807) is 0 Å². The Morgan fingerprint density at radius 2 is 0.804 bits per heavy atom. The summed E-state index contributed by atoms with van der Waals surface area (Å²) in [6.45, 7) is 4.14. The zero-order valence-corrected chi connectivity index (χ0v) is 30.9. The van der Waals surface area contributed by atoms with Crippen LogP contribution in [0.1, 0.15) is 219 Å². The van der Waals surface area contributed by atoms with Crippen molar-refractivity contribution in [2.24, 2.45) is 0 Å². The Labute approximate surface area is 286 Å². The van der Waals surface area contributed by atoms with Gasteiger partial charge in [-0.25, -0.2) is 0 Å². The van der Waals surface area contributed by atoms with Crippen LogP contribution in [-0.2, 0) is 19.1 Å². The molecule has 0 fully saturated rings. The molecule has 0 rings (SSSR count). The summed E-state index contributed by atoms with van der Waals surface area (Å²) in [5.41, 5.74) is 0. The van der Waals surface area contributed by atoms with E-state index in [0.29, 0.717) is 12.8 Å². The minimum absolute atomic E-state index is 0.0631. The van der Waals surface area contributed by atoms with Gasteiger partial charge in [-0.2, -0.15) is 0 Å². The van der Waals surface area contributed by atoms with Crippen molar-refractivity contribution in [1.82, 2.24) is 0 Å². The van der Waals surface area contributed by atoms with Gasteiger partial charge in [-0.05, 0) is 38.5 Å². The molecule has 0 aliphatic heterocycles. The van der Waals surface area contributed by atoms with Crippen molar-refractivity contribution < 1.29 is 24.2 Å². The van der Waals surface area contributed by atoms with Crippen LogP contribution >= 0.6 is 0 Å². The molecule has 272 valence electrons. The van der Waals surface area contributed by atoms with Gasteiger partial charge in [0, 0.05) is 12.8 Å². The molecule has 0 aromatic rings. The summed E-state index contributed by atoms with van der Waals surface area (Å²) in [6.07, 6.45) is 42.7. The fraction of sp³-hybridized carbons (Fsp3) is 0.902. The first-order valence-electron chi connectivity index (χ1n) is 20.2. The molecule has 46 heavy (non-hydrogen) atoms. The van der Waals surface area contributed by atoms with Gasteiger partial charge in [-0.3, -0.25) is 9.59 Å². The van der Waals surface area contributed by atoms with Gasteiger partial charge in [0.05, 0.1) is 6.61 Å². The highest BCUT2D eigenvalue weighted by Crippen LogP contribution is 2.15. The quantitative estimate of drug-likeness (QED) is 0.0411. The number of unbranched alkanes of at least 4 members (excludes halogenated alkanes) is 27. The number of aliphatic hydroxyl groups excluding tert-OH is 1. The highest BCUT2D eigenvalue weighted by Gasteiger charge is 2.16. The van der Waals surface area contributed by atoms with Gasteiger partial charge in [0.25, 0.3) is 0 Å². The number of carbonyl (C=O) groups is 2. The minimum Gasteiger partial charge on any atom is -0.462 e. The number of hydrogen-bond donors (Lipinski definition) is 1. The standard InChI is InChI=1S/C41H78O5/c1-3-5-7-9-11-13-15-17-19-20-22-23-25-27-29-31-33-35-40(43)45-38-39(37-42)46-41(44)36-34-32-30-28-26-24-21-18-16-14-12-10-8-6-4-2/h18,21,39,42H,3-17,19-20,22-38H2,1-2H3/t39-/m0/s1. The third-order valence-corrected chi connectivity index (χ3v) is 9.06. The molecule has 0 amide bonds. The van der Waals surface area contributed by atoms with Crippen LogP contribution in [0.4, 0.5) is 0 Å². The van der Waals surface area contributed by atoms with Gasteiger partial charge in [-0.1, -0.05) is 180 Å². The molecule has 5 nitrogen and oxygen atoms in total. The summed E-state index contributed by atoms with van der Waals surface area (Å²) in [5.74, 6) is -0.589. The van der Waals surface area contributed by atoms with E-state index in [1.165, 1.54) is 154 Å². The summed E-state index contributed by atoms with van der Waals surface area (Å²) in [6, 6.07) is 0. The van der Waals surface area contributed by atoms with Crippen LogP contribution in [0.25, 0.3) is 0 Å². The van der Waals surface area contributed by atoms with Crippen molar-refractivity contribution in [2.75, 3.05) is 13.2 Å². The second-order valence-electron chi connectivity index (χ2n) is 13.7. The molecule has 0 spiro atoms. The fourth-order valence-electron chi connectivity index (χ4n) is 5.96. The van der Waals surface area contributed by atoms with Gasteiger partial charge >= 0.3 is 11.9 Å². The maximum Gasteiger partial charge on any atom is 0.306 e. The highest BCUT2D eigenvalue weighted by molar-refractivity contribution is 5.70. The summed E-state index contributed by atoms with van der Waals surface area (Å²) < 4.78 is 10.6. The first kappa shape index (κ1) is 44.6. The Balaban J connectivity index is 3.51. The largest absolute Gasteiger partial charge is 0.462 e. The normalized spacial score (nSPS) is 12.2. The van der Waals surface area contributed by atoms with Crippen molar-refractivity contribution in [3.05, 3.63) is 12.2 Å². The highest BCUT2D eigenvalue weighted by atomic mass is 16.6. The number of rotatable bonds is 37. The third kappa shape index (κ3) is 35.5. The summed E-state index contributed by atoms with van der Waals surface area (Å²) >= 11 is 0. The van der Waals surface area contributed by atoms with E-state index in [0.717, 1.165) is 38.5 Å². The molecule has 5 heteroatoms. The SMILES string of the molecule is CCCCCCCCC=CCCCCCCCC(=O)O[C@@H](CO)COC(=O)CCCCCCCCCCCCCCCCCCC. The van der Waals surface area contributed by atoms with Gasteiger partial charge in [-0.15, -0.1) is 0 Å². The lowest BCUT2D eigenvalue weighted by Crippen LogP contribution is -2.28. The van der Waals surface area contributed by atoms with Crippen LogP contribution in [0, 0.1) is 0 Å². The molecule has 0 saturated carbocycles. The Kier molecular flexibility index (Phi) is 37.0. The lowest BCUT2D eigenvalue weighted by molar-refractivity contribution is -0.161. The average Bonchev–Trinajstić information content (AvgIpc) is 3.06. The molecule has 0 unspecified atom stereocenters. The van der Waals surface area contributed by atoms with Crippen LogP contribution < -0.4 is 0 Å². The predicted molar refractivity (Wildman–Crippen MR) is 196 cm³/mol. The van der Waals surface area contributed by atoms with E-state index in [1.807, 2.05) is 0 Å². The molecule has 0 heterocycles. The van der Waals surface area contributed by atoms with E-state index in [4.69, 9.17) is 9.47 Å². The van der Waals surface area contributed by atoms with Crippen molar-refractivity contribution in [3.63, 3.8) is 0 Å². The number of hydrogen-bond acceptors (Lipinski definition) is 5. The molecular weight excluding hydrogens is 572 g/mol. The fourth-order valence-corrected chi connectivity index (χ4v) is 5.96. The van der Waals surface area contributed by atoms with Gasteiger partial charge < -0.3 is 14.6 Å². The summed E-state index contributed by atoms with van der Waals surface area (Å²) in [5, 5.41) is 9.55. The van der Waals surface area contributed by atoms with Crippen molar-refractivity contribution in [1.29, 1.82) is 0 Å². The summed E-state index contributed by atoms with van der Waals surface area (Å²) in [4.78, 5) is 24.2. The molecule has 1 atom stereocenters. The zero-order chi connectivity index (χ0) is 33.6. The summed E-state index contributed by atoms with van der Waals surface area (Å²) in [7, 11) is 0. The molecule has 0 aliphatic carbocycles. The van der Waals surface area contributed by atoms with Gasteiger partial charge in [0.1, 0.15) is 6.61 Å². The van der Waals surface area contributed by atoms with E-state index >= 15 is 0 Å². The lowest BCUT2D eigenvalue weighted by atomic mass is 10.0. The smallest absolute Gasteiger partial charge is 0.306 e. The minimum atomic E-state index is -0.768. The maximum absolute atomic E-state index is 12.2. The van der Waals surface area contributed by atoms with Crippen LogP contribution in [-0.4, -0.2) is 36.4 Å². The molecular formula is C41H78O5. The Morgan fingerprint density at radius 3 is 1.17 bits per heavy atom. The molecule has 0 aromatic heterocycles. The molecule has 0 aliphatic rings. The van der Waals surface area contributed by atoms with E-state index < -0.39 is 6.10 Å². The average molecular weight is 651 g/mol. The monoisotopic (exact) mass is 651 g/mol. The van der Waals surface area contributed by atoms with Crippen molar-refractivity contribution in [2.45, 2.75) is 225 Å². The van der Waals surface area contributed by atoms with Gasteiger partial charge in [0.15, 0.2) is 6.10 Å².